The van der Waals surface area contributed by atoms with Crippen molar-refractivity contribution in [3.05, 3.63) is 58.3 Å². The first-order valence-electron chi connectivity index (χ1n) is 7.56. The Morgan fingerprint density at radius 3 is 2.54 bits per heavy atom. The van der Waals surface area contributed by atoms with Crippen molar-refractivity contribution in [3.63, 3.8) is 0 Å². The predicted molar refractivity (Wildman–Crippen MR) is 97.4 cm³/mol. The number of benzene rings is 1. The Bertz CT molecular complexity index is 745. The molecular formula is C18H20BrN3O2. The summed E-state index contributed by atoms with van der Waals surface area (Å²) in [5.74, 6) is -0.723. The first-order valence-corrected chi connectivity index (χ1v) is 8.36. The van der Waals surface area contributed by atoms with Gasteiger partial charge in [-0.1, -0.05) is 12.1 Å². The summed E-state index contributed by atoms with van der Waals surface area (Å²) >= 11 is 3.42. The van der Waals surface area contributed by atoms with Crippen LogP contribution in [0.25, 0.3) is 0 Å². The summed E-state index contributed by atoms with van der Waals surface area (Å²) in [5, 5.41) is 5.55. The zero-order valence-electron chi connectivity index (χ0n) is 13.9. The van der Waals surface area contributed by atoms with Gasteiger partial charge in [0, 0.05) is 10.7 Å². The van der Waals surface area contributed by atoms with Gasteiger partial charge < -0.3 is 10.6 Å². The number of pyridine rings is 1. The molecule has 2 N–H and O–H groups in total. The molecule has 1 aromatic carbocycles. The number of rotatable bonds is 5. The van der Waals surface area contributed by atoms with Crippen LogP contribution in [0.5, 0.6) is 0 Å². The van der Waals surface area contributed by atoms with Crippen LogP contribution in [0.1, 0.15) is 25.1 Å². The average molecular weight is 390 g/mol. The van der Waals surface area contributed by atoms with Crippen molar-refractivity contribution in [2.45, 2.75) is 27.3 Å². The molecule has 0 unspecified atom stereocenters. The normalized spacial score (nSPS) is 11.0. The molecule has 24 heavy (non-hydrogen) atoms. The number of nitrogens with zero attached hydrogens (tertiary/aromatic N) is 1. The van der Waals surface area contributed by atoms with Gasteiger partial charge in [-0.15, -0.1) is 0 Å². The molecule has 1 aromatic heterocycles. The maximum absolute atomic E-state index is 12.5. The van der Waals surface area contributed by atoms with Gasteiger partial charge in [-0.3, -0.25) is 14.6 Å². The van der Waals surface area contributed by atoms with E-state index < -0.39 is 5.41 Å². The van der Waals surface area contributed by atoms with Crippen LogP contribution in [0.15, 0.2) is 47.1 Å². The summed E-state index contributed by atoms with van der Waals surface area (Å²) in [4.78, 5) is 29.1. The summed E-state index contributed by atoms with van der Waals surface area (Å²) in [6, 6.07) is 11.1. The topological polar surface area (TPSA) is 71.1 Å². The Hall–Kier alpha value is -2.21. The molecule has 0 radical (unpaired) electrons. The highest BCUT2D eigenvalue weighted by Gasteiger charge is 2.36. The molecule has 0 atom stereocenters. The van der Waals surface area contributed by atoms with Gasteiger partial charge in [-0.25, -0.2) is 0 Å². The summed E-state index contributed by atoms with van der Waals surface area (Å²) < 4.78 is 0.778. The summed E-state index contributed by atoms with van der Waals surface area (Å²) in [5.41, 5.74) is 1.24. The van der Waals surface area contributed by atoms with Crippen LogP contribution in [-0.2, 0) is 16.1 Å². The Morgan fingerprint density at radius 1 is 1.17 bits per heavy atom. The minimum absolute atomic E-state index is 0.282. The zero-order chi connectivity index (χ0) is 17.7. The number of amides is 2. The van der Waals surface area contributed by atoms with Crippen molar-refractivity contribution in [2.24, 2.45) is 5.41 Å². The third-order valence-electron chi connectivity index (χ3n) is 3.66. The van der Waals surface area contributed by atoms with Crippen LogP contribution in [0.2, 0.25) is 0 Å². The molecule has 0 fully saturated rings. The van der Waals surface area contributed by atoms with Crippen molar-refractivity contribution < 1.29 is 9.59 Å². The quantitative estimate of drug-likeness (QED) is 0.769. The second-order valence-corrected chi connectivity index (χ2v) is 6.92. The molecule has 0 spiro atoms. The van der Waals surface area contributed by atoms with Crippen molar-refractivity contribution in [3.8, 4) is 0 Å². The maximum Gasteiger partial charge on any atom is 0.239 e. The number of carbonyl (C=O) groups excluding carboxylic acids is 2. The van der Waals surface area contributed by atoms with Gasteiger partial charge in [0.25, 0.3) is 0 Å². The number of aryl methyl sites for hydroxylation is 1. The first-order chi connectivity index (χ1) is 11.3. The van der Waals surface area contributed by atoms with Crippen molar-refractivity contribution in [1.29, 1.82) is 0 Å². The van der Waals surface area contributed by atoms with E-state index in [2.05, 4.69) is 31.5 Å². The molecule has 0 saturated carbocycles. The number of aromatic nitrogens is 1. The Balaban J connectivity index is 2.02. The smallest absolute Gasteiger partial charge is 0.239 e. The molecule has 2 rings (SSSR count). The predicted octanol–water partition coefficient (Wildman–Crippen LogP) is 3.43. The molecule has 0 aliphatic rings. The van der Waals surface area contributed by atoms with Crippen molar-refractivity contribution in [2.75, 3.05) is 5.32 Å². The van der Waals surface area contributed by atoms with E-state index in [1.807, 2.05) is 37.3 Å². The van der Waals surface area contributed by atoms with Crippen LogP contribution >= 0.6 is 15.9 Å². The van der Waals surface area contributed by atoms with Gasteiger partial charge in [0.05, 0.1) is 17.9 Å². The van der Waals surface area contributed by atoms with Gasteiger partial charge in [0.2, 0.25) is 11.8 Å². The fourth-order valence-corrected chi connectivity index (χ4v) is 2.59. The summed E-state index contributed by atoms with van der Waals surface area (Å²) in [6.07, 6.45) is 1.66. The molecule has 0 aliphatic carbocycles. The van der Waals surface area contributed by atoms with Crippen LogP contribution in [0, 0.1) is 12.3 Å². The third-order valence-corrected chi connectivity index (χ3v) is 4.32. The van der Waals surface area contributed by atoms with Crippen LogP contribution in [0.3, 0.4) is 0 Å². The molecule has 0 saturated heterocycles. The second-order valence-electron chi connectivity index (χ2n) is 6.07. The fraction of sp³-hybridized carbons (Fsp3) is 0.278. The average Bonchev–Trinajstić information content (AvgIpc) is 2.55. The highest BCUT2D eigenvalue weighted by molar-refractivity contribution is 9.10. The number of carbonyl (C=O) groups is 2. The molecule has 2 aromatic rings. The van der Waals surface area contributed by atoms with E-state index in [-0.39, 0.29) is 18.4 Å². The van der Waals surface area contributed by atoms with Crippen molar-refractivity contribution in [1.82, 2.24) is 10.3 Å². The third kappa shape index (κ3) is 4.41. The minimum Gasteiger partial charge on any atom is -0.350 e. The largest absolute Gasteiger partial charge is 0.350 e. The standard InChI is InChI=1S/C18H20BrN3O2/c1-12-7-8-15(14(19)10-12)22-17(24)18(2,3)16(23)21-11-13-6-4-5-9-20-13/h4-10H,11H2,1-3H3,(H,21,23)(H,22,24). The molecule has 6 heteroatoms. The van der Waals surface area contributed by atoms with Crippen LogP contribution in [0.4, 0.5) is 5.69 Å². The Morgan fingerprint density at radius 2 is 1.92 bits per heavy atom. The van der Waals surface area contributed by atoms with Gasteiger partial charge in [0.1, 0.15) is 5.41 Å². The fourth-order valence-electron chi connectivity index (χ4n) is 2.00. The number of hydrogen-bond donors (Lipinski definition) is 2. The van der Waals surface area contributed by atoms with Crippen LogP contribution < -0.4 is 10.6 Å². The van der Waals surface area contributed by atoms with E-state index >= 15 is 0 Å². The van der Waals surface area contributed by atoms with Crippen LogP contribution in [-0.4, -0.2) is 16.8 Å². The SMILES string of the molecule is Cc1ccc(NC(=O)C(C)(C)C(=O)NCc2ccccn2)c(Br)c1. The highest BCUT2D eigenvalue weighted by atomic mass is 79.9. The maximum atomic E-state index is 12.5. The highest BCUT2D eigenvalue weighted by Crippen LogP contribution is 2.26. The van der Waals surface area contributed by atoms with E-state index in [0.29, 0.717) is 5.69 Å². The number of anilines is 1. The second kappa shape index (κ2) is 7.57. The molecule has 126 valence electrons. The monoisotopic (exact) mass is 389 g/mol. The molecule has 1 heterocycles. The van der Waals surface area contributed by atoms with E-state index in [1.165, 1.54) is 0 Å². The lowest BCUT2D eigenvalue weighted by Gasteiger charge is -2.23. The van der Waals surface area contributed by atoms with Crippen molar-refractivity contribution >= 4 is 33.4 Å². The summed E-state index contributed by atoms with van der Waals surface area (Å²) in [6.45, 7) is 5.44. The lowest BCUT2D eigenvalue weighted by atomic mass is 9.91. The summed E-state index contributed by atoms with van der Waals surface area (Å²) in [7, 11) is 0. The number of nitrogens with one attached hydrogen (secondary N) is 2. The zero-order valence-corrected chi connectivity index (χ0v) is 15.5. The van der Waals surface area contributed by atoms with Gasteiger partial charge in [-0.05, 0) is 66.5 Å². The Kier molecular flexibility index (Phi) is 5.72. The lowest BCUT2D eigenvalue weighted by molar-refractivity contribution is -0.138. The molecule has 2 amide bonds. The van der Waals surface area contributed by atoms with Gasteiger partial charge in [-0.2, -0.15) is 0 Å². The number of hydrogen-bond acceptors (Lipinski definition) is 3. The number of halogens is 1. The lowest BCUT2D eigenvalue weighted by Crippen LogP contribution is -2.45. The molecule has 5 nitrogen and oxygen atoms in total. The van der Waals surface area contributed by atoms with Gasteiger partial charge in [0.15, 0.2) is 0 Å². The van der Waals surface area contributed by atoms with E-state index in [4.69, 9.17) is 0 Å². The van der Waals surface area contributed by atoms with E-state index in [0.717, 1.165) is 15.7 Å². The Labute approximate surface area is 150 Å². The van der Waals surface area contributed by atoms with E-state index in [9.17, 15) is 9.59 Å². The van der Waals surface area contributed by atoms with Gasteiger partial charge >= 0.3 is 0 Å². The molecule has 0 aliphatic heterocycles. The molecular weight excluding hydrogens is 370 g/mol. The molecule has 0 bridgehead atoms. The minimum atomic E-state index is -1.21. The van der Waals surface area contributed by atoms with E-state index in [1.54, 1.807) is 26.1 Å². The first kappa shape index (κ1) is 18.1.